The third kappa shape index (κ3) is 4.54. The van der Waals surface area contributed by atoms with Gasteiger partial charge in [0.25, 0.3) is 0 Å². The molecule has 0 saturated carbocycles. The maximum absolute atomic E-state index is 12.3. The van der Waals surface area contributed by atoms with Crippen LogP contribution in [0.4, 0.5) is 0 Å². The molecule has 1 aromatic heterocycles. The molecule has 1 amide bonds. The van der Waals surface area contributed by atoms with Crippen LogP contribution in [0.15, 0.2) is 53.0 Å². The summed E-state index contributed by atoms with van der Waals surface area (Å²) in [5.41, 5.74) is 3.20. The number of hydrogen-bond donors (Lipinski definition) is 1. The van der Waals surface area contributed by atoms with Crippen molar-refractivity contribution in [3.05, 3.63) is 64.1 Å². The van der Waals surface area contributed by atoms with Gasteiger partial charge < -0.3 is 5.32 Å². The van der Waals surface area contributed by atoms with Crippen molar-refractivity contribution >= 4 is 21.8 Å². The van der Waals surface area contributed by atoms with Gasteiger partial charge in [-0.3, -0.25) is 4.79 Å². The van der Waals surface area contributed by atoms with E-state index in [2.05, 4.69) is 55.7 Å². The van der Waals surface area contributed by atoms with Crippen molar-refractivity contribution in [3.8, 4) is 11.4 Å². The Balaban J connectivity index is 1.60. The van der Waals surface area contributed by atoms with E-state index in [0.717, 1.165) is 22.0 Å². The first-order valence-electron chi connectivity index (χ1n) is 8.47. The average Bonchev–Trinajstić information content (AvgIpc) is 3.10. The molecule has 0 radical (unpaired) electrons. The average molecular weight is 414 g/mol. The second kappa shape index (κ2) is 8.23. The number of carbonyl (C=O) groups excluding carboxylic acids is 1. The molecule has 6 nitrogen and oxygen atoms in total. The van der Waals surface area contributed by atoms with Gasteiger partial charge in [0.1, 0.15) is 6.54 Å². The fourth-order valence-corrected chi connectivity index (χ4v) is 2.83. The van der Waals surface area contributed by atoms with Gasteiger partial charge in [0, 0.05) is 10.0 Å². The molecule has 0 bridgehead atoms. The molecule has 3 aromatic rings. The summed E-state index contributed by atoms with van der Waals surface area (Å²) in [6, 6.07) is 15.8. The highest BCUT2D eigenvalue weighted by molar-refractivity contribution is 9.10. The van der Waals surface area contributed by atoms with Gasteiger partial charge in [-0.15, -0.1) is 10.2 Å². The molecule has 0 spiro atoms. The normalized spacial score (nSPS) is 12.0. The van der Waals surface area contributed by atoms with Gasteiger partial charge in [0.15, 0.2) is 0 Å². The van der Waals surface area contributed by atoms with Crippen LogP contribution in [0.2, 0.25) is 0 Å². The quantitative estimate of drug-likeness (QED) is 0.670. The molecular weight excluding hydrogens is 394 g/mol. The SMILES string of the molecule is CCc1ccc([C@@H](C)NC(=O)Cn2nnc(-c3ccc(Br)cc3)n2)cc1. The molecule has 0 unspecified atom stereocenters. The monoisotopic (exact) mass is 413 g/mol. The lowest BCUT2D eigenvalue weighted by Gasteiger charge is -2.14. The van der Waals surface area contributed by atoms with E-state index in [1.54, 1.807) is 0 Å². The molecule has 134 valence electrons. The fraction of sp³-hybridized carbons (Fsp3) is 0.263. The maximum atomic E-state index is 12.3. The van der Waals surface area contributed by atoms with Crippen LogP contribution in [-0.2, 0) is 17.8 Å². The van der Waals surface area contributed by atoms with Crippen LogP contribution in [0.3, 0.4) is 0 Å². The first-order chi connectivity index (χ1) is 12.5. The number of nitrogens with zero attached hydrogens (tertiary/aromatic N) is 4. The smallest absolute Gasteiger partial charge is 0.244 e. The van der Waals surface area contributed by atoms with Crippen LogP contribution in [0.5, 0.6) is 0 Å². The number of halogens is 1. The molecule has 1 heterocycles. The molecule has 1 atom stereocenters. The van der Waals surface area contributed by atoms with Crippen molar-refractivity contribution < 1.29 is 4.79 Å². The predicted molar refractivity (Wildman–Crippen MR) is 103 cm³/mol. The lowest BCUT2D eigenvalue weighted by Crippen LogP contribution is -2.30. The Morgan fingerprint density at radius 2 is 1.85 bits per heavy atom. The molecule has 2 aromatic carbocycles. The summed E-state index contributed by atoms with van der Waals surface area (Å²) < 4.78 is 0.981. The van der Waals surface area contributed by atoms with Crippen molar-refractivity contribution in [2.24, 2.45) is 0 Å². The van der Waals surface area contributed by atoms with Crippen molar-refractivity contribution in [1.82, 2.24) is 25.5 Å². The minimum atomic E-state index is -0.156. The van der Waals surface area contributed by atoms with Crippen LogP contribution in [0.25, 0.3) is 11.4 Å². The highest BCUT2D eigenvalue weighted by Gasteiger charge is 2.12. The number of amides is 1. The number of carbonyl (C=O) groups is 1. The lowest BCUT2D eigenvalue weighted by molar-refractivity contribution is -0.122. The minimum Gasteiger partial charge on any atom is -0.348 e. The second-order valence-electron chi connectivity index (χ2n) is 6.03. The van der Waals surface area contributed by atoms with Crippen molar-refractivity contribution in [1.29, 1.82) is 0 Å². The maximum Gasteiger partial charge on any atom is 0.244 e. The molecular formula is C19H20BrN5O. The Hall–Kier alpha value is -2.54. The molecule has 0 saturated heterocycles. The zero-order valence-corrected chi connectivity index (χ0v) is 16.3. The Morgan fingerprint density at radius 1 is 1.15 bits per heavy atom. The number of tetrazole rings is 1. The van der Waals surface area contributed by atoms with E-state index in [-0.39, 0.29) is 18.5 Å². The lowest BCUT2D eigenvalue weighted by atomic mass is 10.1. The summed E-state index contributed by atoms with van der Waals surface area (Å²) in [5.74, 6) is 0.338. The first kappa shape index (κ1) is 18.3. The number of hydrogen-bond acceptors (Lipinski definition) is 4. The van der Waals surface area contributed by atoms with Gasteiger partial charge in [0.05, 0.1) is 6.04 Å². The van der Waals surface area contributed by atoms with E-state index in [9.17, 15) is 4.79 Å². The van der Waals surface area contributed by atoms with Crippen LogP contribution >= 0.6 is 15.9 Å². The van der Waals surface area contributed by atoms with E-state index < -0.39 is 0 Å². The number of rotatable bonds is 6. The molecule has 0 aliphatic heterocycles. The zero-order chi connectivity index (χ0) is 18.5. The molecule has 0 aliphatic carbocycles. The molecule has 26 heavy (non-hydrogen) atoms. The van der Waals surface area contributed by atoms with Gasteiger partial charge in [-0.1, -0.05) is 47.1 Å². The van der Waals surface area contributed by atoms with Crippen LogP contribution < -0.4 is 5.32 Å². The van der Waals surface area contributed by atoms with E-state index in [4.69, 9.17) is 0 Å². The Labute approximate surface area is 160 Å². The van der Waals surface area contributed by atoms with Gasteiger partial charge in [-0.05, 0) is 54.0 Å². The third-order valence-corrected chi connectivity index (χ3v) is 4.63. The van der Waals surface area contributed by atoms with Gasteiger partial charge in [-0.2, -0.15) is 4.80 Å². The van der Waals surface area contributed by atoms with Gasteiger partial charge in [0.2, 0.25) is 11.7 Å². The molecule has 3 rings (SSSR count). The van der Waals surface area contributed by atoms with Crippen LogP contribution in [0.1, 0.15) is 31.0 Å². The number of nitrogens with one attached hydrogen (secondary N) is 1. The fourth-order valence-electron chi connectivity index (χ4n) is 2.57. The number of benzene rings is 2. The number of aryl methyl sites for hydroxylation is 1. The Bertz CT molecular complexity index is 874. The van der Waals surface area contributed by atoms with Crippen LogP contribution in [0, 0.1) is 0 Å². The molecule has 7 heteroatoms. The van der Waals surface area contributed by atoms with Crippen molar-refractivity contribution in [2.75, 3.05) is 0 Å². The highest BCUT2D eigenvalue weighted by Crippen LogP contribution is 2.17. The predicted octanol–water partition coefficient (Wildman–Crippen LogP) is 3.54. The van der Waals surface area contributed by atoms with Gasteiger partial charge >= 0.3 is 0 Å². The van der Waals surface area contributed by atoms with Crippen LogP contribution in [-0.4, -0.2) is 26.1 Å². The molecule has 1 N–H and O–H groups in total. The first-order valence-corrected chi connectivity index (χ1v) is 9.26. The zero-order valence-electron chi connectivity index (χ0n) is 14.7. The molecule has 0 aliphatic rings. The highest BCUT2D eigenvalue weighted by atomic mass is 79.9. The van der Waals surface area contributed by atoms with Crippen molar-refractivity contribution in [3.63, 3.8) is 0 Å². The van der Waals surface area contributed by atoms with Gasteiger partial charge in [-0.25, -0.2) is 0 Å². The number of aromatic nitrogens is 4. The van der Waals surface area contributed by atoms with E-state index in [0.29, 0.717) is 5.82 Å². The summed E-state index contributed by atoms with van der Waals surface area (Å²) >= 11 is 3.39. The minimum absolute atomic E-state index is 0.0287. The largest absolute Gasteiger partial charge is 0.348 e. The standard InChI is InChI=1S/C19H20BrN5O/c1-3-14-4-6-15(7-5-14)13(2)21-18(26)12-25-23-19(22-24-25)16-8-10-17(20)11-9-16/h4-11,13H,3,12H2,1-2H3,(H,21,26)/t13-/m1/s1. The second-order valence-corrected chi connectivity index (χ2v) is 6.95. The Kier molecular flexibility index (Phi) is 5.78. The van der Waals surface area contributed by atoms with E-state index >= 15 is 0 Å². The Morgan fingerprint density at radius 3 is 2.50 bits per heavy atom. The van der Waals surface area contributed by atoms with E-state index in [1.165, 1.54) is 10.4 Å². The summed E-state index contributed by atoms with van der Waals surface area (Å²) in [6.07, 6.45) is 1.000. The molecule has 0 fully saturated rings. The summed E-state index contributed by atoms with van der Waals surface area (Å²) in [4.78, 5) is 13.6. The summed E-state index contributed by atoms with van der Waals surface area (Å²) in [6.45, 7) is 4.11. The van der Waals surface area contributed by atoms with Crippen molar-refractivity contribution in [2.45, 2.75) is 32.9 Å². The summed E-state index contributed by atoms with van der Waals surface area (Å²) in [7, 11) is 0. The third-order valence-electron chi connectivity index (χ3n) is 4.11. The topological polar surface area (TPSA) is 72.7 Å². The van der Waals surface area contributed by atoms with E-state index in [1.807, 2.05) is 43.3 Å². The summed E-state index contributed by atoms with van der Waals surface area (Å²) in [5, 5.41) is 15.2.